The minimum absolute atomic E-state index is 0.183. The number of ether oxygens (including phenoxy) is 6. The first-order valence-electron chi connectivity index (χ1n) is 12.0. The molecular weight excluding hydrogens is 404 g/mol. The highest BCUT2D eigenvalue weighted by Crippen LogP contribution is 2.60. The summed E-state index contributed by atoms with van der Waals surface area (Å²) in [4.78, 5) is 12.0. The Balaban J connectivity index is 1.27. The molecule has 8 heteroatoms. The molecule has 5 fully saturated rings. The van der Waals surface area contributed by atoms with Crippen molar-refractivity contribution in [1.29, 1.82) is 0 Å². The van der Waals surface area contributed by atoms with Crippen LogP contribution in [-0.4, -0.2) is 70.2 Å². The van der Waals surface area contributed by atoms with E-state index in [1.54, 1.807) is 0 Å². The zero-order valence-electron chi connectivity index (χ0n) is 19.5. The fourth-order valence-corrected chi connectivity index (χ4v) is 5.87. The zero-order valence-corrected chi connectivity index (χ0v) is 19.5. The van der Waals surface area contributed by atoms with Crippen LogP contribution in [0.1, 0.15) is 53.4 Å². The van der Waals surface area contributed by atoms with E-state index in [0.717, 1.165) is 19.3 Å². The van der Waals surface area contributed by atoms with Gasteiger partial charge in [0, 0.05) is 24.9 Å². The third-order valence-electron chi connectivity index (χ3n) is 7.56. The van der Waals surface area contributed by atoms with Gasteiger partial charge >= 0.3 is 0 Å². The summed E-state index contributed by atoms with van der Waals surface area (Å²) in [6, 6.07) is 0. The van der Waals surface area contributed by atoms with Crippen molar-refractivity contribution in [2.24, 2.45) is 23.7 Å². The maximum Gasteiger partial charge on any atom is 0.201 e. The molecule has 0 N–H and O–H groups in total. The minimum atomic E-state index is -0.756. The van der Waals surface area contributed by atoms with Crippen molar-refractivity contribution in [1.82, 2.24) is 0 Å². The van der Waals surface area contributed by atoms with Crippen LogP contribution in [0.2, 0.25) is 0 Å². The SMILES string of the molecule is CCOCCOCCOCCO[C@H]1O[C@@H]2O[C@]3(C)CC[C@H]4[C@H](C)CC[C@@H]([C@H]1C)[C@@]24OO3. The van der Waals surface area contributed by atoms with Crippen molar-refractivity contribution in [3.63, 3.8) is 0 Å². The first-order valence-corrected chi connectivity index (χ1v) is 12.0. The van der Waals surface area contributed by atoms with Gasteiger partial charge in [-0.1, -0.05) is 13.8 Å². The molecule has 0 aromatic heterocycles. The second-order valence-electron chi connectivity index (χ2n) is 9.57. The van der Waals surface area contributed by atoms with Gasteiger partial charge in [0.15, 0.2) is 18.2 Å². The van der Waals surface area contributed by atoms with Crippen LogP contribution < -0.4 is 0 Å². The van der Waals surface area contributed by atoms with Gasteiger partial charge in [0.05, 0.1) is 39.6 Å². The van der Waals surface area contributed by atoms with Crippen LogP contribution in [0.25, 0.3) is 0 Å². The quantitative estimate of drug-likeness (QED) is 0.355. The zero-order chi connectivity index (χ0) is 21.9. The lowest BCUT2D eigenvalue weighted by Crippen LogP contribution is -2.70. The highest BCUT2D eigenvalue weighted by Gasteiger charge is 2.69. The first kappa shape index (κ1) is 23.8. The van der Waals surface area contributed by atoms with Gasteiger partial charge in [-0.3, -0.25) is 0 Å². The van der Waals surface area contributed by atoms with Crippen LogP contribution in [0.4, 0.5) is 0 Å². The monoisotopic (exact) mass is 444 g/mol. The Bertz CT molecular complexity index is 576. The molecule has 31 heavy (non-hydrogen) atoms. The largest absolute Gasteiger partial charge is 0.379 e. The van der Waals surface area contributed by atoms with Gasteiger partial charge < -0.3 is 28.4 Å². The van der Waals surface area contributed by atoms with Gasteiger partial charge in [0.25, 0.3) is 0 Å². The molecule has 0 radical (unpaired) electrons. The van der Waals surface area contributed by atoms with E-state index in [9.17, 15) is 0 Å². The maximum atomic E-state index is 6.40. The summed E-state index contributed by atoms with van der Waals surface area (Å²) >= 11 is 0. The predicted octanol–water partition coefficient (Wildman–Crippen LogP) is 3.28. The Kier molecular flexibility index (Phi) is 7.92. The molecule has 0 unspecified atom stereocenters. The third-order valence-corrected chi connectivity index (χ3v) is 7.56. The number of fused-ring (bicyclic) bond motifs is 2. The predicted molar refractivity (Wildman–Crippen MR) is 111 cm³/mol. The van der Waals surface area contributed by atoms with Crippen molar-refractivity contribution >= 4 is 0 Å². The Morgan fingerprint density at radius 2 is 1.55 bits per heavy atom. The van der Waals surface area contributed by atoms with E-state index in [0.29, 0.717) is 58.1 Å². The minimum Gasteiger partial charge on any atom is -0.379 e. The van der Waals surface area contributed by atoms with E-state index in [4.69, 9.17) is 38.2 Å². The molecule has 8 atom stereocenters. The van der Waals surface area contributed by atoms with E-state index in [1.807, 2.05) is 13.8 Å². The molecule has 4 aliphatic heterocycles. The molecule has 1 spiro atoms. The molecular formula is C23H40O8. The average Bonchev–Trinajstić information content (AvgIpc) is 2.99. The smallest absolute Gasteiger partial charge is 0.201 e. The molecule has 2 bridgehead atoms. The van der Waals surface area contributed by atoms with E-state index >= 15 is 0 Å². The van der Waals surface area contributed by atoms with E-state index in [2.05, 4.69) is 13.8 Å². The lowest BCUT2D eigenvalue weighted by atomic mass is 9.58. The third kappa shape index (κ3) is 4.82. The summed E-state index contributed by atoms with van der Waals surface area (Å²) < 4.78 is 35.2. The van der Waals surface area contributed by atoms with Gasteiger partial charge in [-0.2, -0.15) is 0 Å². The summed E-state index contributed by atoms with van der Waals surface area (Å²) in [5, 5.41) is 0. The molecule has 0 amide bonds. The van der Waals surface area contributed by atoms with E-state index in [-0.39, 0.29) is 18.1 Å². The van der Waals surface area contributed by atoms with Crippen LogP contribution in [0.3, 0.4) is 0 Å². The fourth-order valence-electron chi connectivity index (χ4n) is 5.87. The van der Waals surface area contributed by atoms with Crippen molar-refractivity contribution in [3.8, 4) is 0 Å². The second-order valence-corrected chi connectivity index (χ2v) is 9.57. The van der Waals surface area contributed by atoms with Crippen LogP contribution in [0.5, 0.6) is 0 Å². The number of rotatable bonds is 11. The van der Waals surface area contributed by atoms with Gasteiger partial charge in [-0.25, -0.2) is 9.78 Å². The van der Waals surface area contributed by atoms with Crippen LogP contribution in [0, 0.1) is 23.7 Å². The van der Waals surface area contributed by atoms with Crippen molar-refractivity contribution in [2.45, 2.75) is 77.3 Å². The molecule has 0 aromatic carbocycles. The summed E-state index contributed by atoms with van der Waals surface area (Å²) in [6.45, 7) is 12.4. The standard InChI is InChI=1S/C23H40O8/c1-5-24-10-11-25-12-13-26-14-15-27-20-17(3)19-7-6-16(2)18-8-9-22(4)29-21(28-20)23(18,19)31-30-22/h16-21H,5-15H2,1-4H3/t16-,17-,18+,19+,20+,21-,22+,23-/m1/s1. The van der Waals surface area contributed by atoms with Crippen molar-refractivity contribution < 1.29 is 38.2 Å². The lowest BCUT2D eigenvalue weighted by molar-refractivity contribution is -0.577. The molecule has 1 saturated carbocycles. The average molecular weight is 445 g/mol. The fraction of sp³-hybridized carbons (Fsp3) is 1.00. The molecule has 0 aromatic rings. The first-order chi connectivity index (χ1) is 15.0. The highest BCUT2D eigenvalue weighted by molar-refractivity contribution is 5.09. The highest BCUT2D eigenvalue weighted by atomic mass is 17.3. The Hall–Kier alpha value is -0.320. The summed E-state index contributed by atoms with van der Waals surface area (Å²) in [7, 11) is 0. The lowest BCUT2D eigenvalue weighted by Gasteiger charge is -2.60. The van der Waals surface area contributed by atoms with Crippen LogP contribution in [-0.2, 0) is 38.2 Å². The van der Waals surface area contributed by atoms with Gasteiger partial charge in [0.2, 0.25) is 5.79 Å². The van der Waals surface area contributed by atoms with Crippen LogP contribution in [0.15, 0.2) is 0 Å². The molecule has 5 aliphatic rings. The Morgan fingerprint density at radius 3 is 2.29 bits per heavy atom. The summed E-state index contributed by atoms with van der Waals surface area (Å²) in [6.07, 6.45) is 3.30. The number of hydrogen-bond donors (Lipinski definition) is 0. The van der Waals surface area contributed by atoms with E-state index in [1.165, 1.54) is 6.42 Å². The molecule has 4 saturated heterocycles. The van der Waals surface area contributed by atoms with E-state index < -0.39 is 17.7 Å². The summed E-state index contributed by atoms with van der Waals surface area (Å²) in [5.41, 5.74) is -0.539. The molecule has 180 valence electrons. The van der Waals surface area contributed by atoms with Crippen molar-refractivity contribution in [3.05, 3.63) is 0 Å². The molecule has 4 heterocycles. The van der Waals surface area contributed by atoms with Crippen molar-refractivity contribution in [2.75, 3.05) is 46.2 Å². The maximum absolute atomic E-state index is 6.40. The summed E-state index contributed by atoms with van der Waals surface area (Å²) in [5.74, 6) is 0.634. The van der Waals surface area contributed by atoms with Gasteiger partial charge in [-0.15, -0.1) is 0 Å². The normalized spacial score (nSPS) is 44.1. The number of hydrogen-bond acceptors (Lipinski definition) is 8. The molecule has 8 nitrogen and oxygen atoms in total. The van der Waals surface area contributed by atoms with Crippen LogP contribution >= 0.6 is 0 Å². The second kappa shape index (κ2) is 10.3. The Morgan fingerprint density at radius 1 is 0.839 bits per heavy atom. The van der Waals surface area contributed by atoms with Gasteiger partial charge in [0.1, 0.15) is 0 Å². The topological polar surface area (TPSA) is 73.8 Å². The molecule has 5 rings (SSSR count). The van der Waals surface area contributed by atoms with Gasteiger partial charge in [-0.05, 0) is 44.9 Å². The Labute approximate surface area is 186 Å². The molecule has 1 aliphatic carbocycles.